The molecule has 0 aliphatic rings. The van der Waals surface area contributed by atoms with Gasteiger partial charge in [-0.3, -0.25) is 14.4 Å². The van der Waals surface area contributed by atoms with Gasteiger partial charge in [-0.25, -0.2) is 0 Å². The van der Waals surface area contributed by atoms with E-state index in [4.69, 9.17) is 4.74 Å². The summed E-state index contributed by atoms with van der Waals surface area (Å²) in [5, 5.41) is 5.43. The normalized spacial score (nSPS) is 10.3. The Balaban J connectivity index is 1.83. The van der Waals surface area contributed by atoms with Gasteiger partial charge in [0.15, 0.2) is 0 Å². The Morgan fingerprint density at radius 3 is 2.12 bits per heavy atom. The lowest BCUT2D eigenvalue weighted by molar-refractivity contribution is -0.147. The van der Waals surface area contributed by atoms with Gasteiger partial charge in [0.25, 0.3) is 11.8 Å². The summed E-state index contributed by atoms with van der Waals surface area (Å²) in [6.45, 7) is 3.75. The second kappa shape index (κ2) is 9.36. The molecular weight excluding hydrogens is 332 g/mol. The fourth-order valence-electron chi connectivity index (χ4n) is 2.20. The molecule has 0 radical (unpaired) electrons. The van der Waals surface area contributed by atoms with Crippen molar-refractivity contribution in [2.24, 2.45) is 0 Å². The topological polar surface area (TPSA) is 84.5 Å². The third-order valence-electron chi connectivity index (χ3n) is 3.42. The predicted octanol–water partition coefficient (Wildman–Crippen LogP) is 3.01. The molecule has 2 aromatic rings. The summed E-state index contributed by atoms with van der Waals surface area (Å²) in [6.07, 6.45) is -0.0494. The molecule has 0 atom stereocenters. The first-order chi connectivity index (χ1) is 12.5. The first-order valence-electron chi connectivity index (χ1n) is 8.40. The van der Waals surface area contributed by atoms with Crippen LogP contribution in [0.2, 0.25) is 0 Å². The van der Waals surface area contributed by atoms with E-state index in [2.05, 4.69) is 10.6 Å². The Morgan fingerprint density at radius 1 is 0.885 bits per heavy atom. The molecule has 6 nitrogen and oxygen atoms in total. The molecule has 0 bridgehead atoms. The third kappa shape index (κ3) is 6.05. The highest BCUT2D eigenvalue weighted by molar-refractivity contribution is 6.04. The van der Waals surface area contributed by atoms with Crippen LogP contribution in [0.1, 0.15) is 41.0 Å². The Morgan fingerprint density at radius 2 is 1.50 bits per heavy atom. The average Bonchev–Trinajstić information content (AvgIpc) is 2.62. The zero-order chi connectivity index (χ0) is 18.9. The number of hydrogen-bond donors (Lipinski definition) is 2. The minimum atomic E-state index is -0.348. The molecule has 0 unspecified atom stereocenters. The quantitative estimate of drug-likeness (QED) is 0.749. The molecule has 2 N–H and O–H groups in total. The van der Waals surface area contributed by atoms with E-state index in [0.29, 0.717) is 16.8 Å². The SMILES string of the molecule is CC(C)OC(=O)CCNC(=O)c1ccc(NC(=O)c2ccccc2)cc1. The Kier molecular flexibility index (Phi) is 6.91. The molecule has 6 heteroatoms. The number of esters is 1. The number of anilines is 1. The molecule has 0 heterocycles. The van der Waals surface area contributed by atoms with Gasteiger partial charge in [-0.1, -0.05) is 18.2 Å². The molecule has 0 spiro atoms. The van der Waals surface area contributed by atoms with Gasteiger partial charge < -0.3 is 15.4 Å². The van der Waals surface area contributed by atoms with Crippen LogP contribution >= 0.6 is 0 Å². The van der Waals surface area contributed by atoms with E-state index < -0.39 is 0 Å². The molecular formula is C20H22N2O4. The van der Waals surface area contributed by atoms with E-state index >= 15 is 0 Å². The summed E-state index contributed by atoms with van der Waals surface area (Å²) < 4.78 is 5.00. The van der Waals surface area contributed by atoms with E-state index in [0.717, 1.165) is 0 Å². The number of hydrogen-bond acceptors (Lipinski definition) is 4. The van der Waals surface area contributed by atoms with Gasteiger partial charge in [0.05, 0.1) is 12.5 Å². The summed E-state index contributed by atoms with van der Waals surface area (Å²) in [5.74, 6) is -0.853. The standard InChI is InChI=1S/C20H22N2O4/c1-14(2)26-18(23)12-13-21-19(24)16-8-10-17(11-9-16)22-20(25)15-6-4-3-5-7-15/h3-11,14H,12-13H2,1-2H3,(H,21,24)(H,22,25). The first kappa shape index (κ1) is 19.2. The van der Waals surface area contributed by atoms with Crippen molar-refractivity contribution in [2.75, 3.05) is 11.9 Å². The van der Waals surface area contributed by atoms with Gasteiger partial charge >= 0.3 is 5.97 Å². The molecule has 2 amide bonds. The highest BCUT2D eigenvalue weighted by atomic mass is 16.5. The molecule has 2 rings (SSSR count). The summed E-state index contributed by atoms with van der Waals surface area (Å²) in [4.78, 5) is 35.6. The highest BCUT2D eigenvalue weighted by Gasteiger charge is 2.09. The second-order valence-corrected chi connectivity index (χ2v) is 5.94. The molecule has 2 aromatic carbocycles. The molecule has 0 aliphatic heterocycles. The number of amides is 2. The molecule has 0 saturated heterocycles. The zero-order valence-electron chi connectivity index (χ0n) is 14.8. The van der Waals surface area contributed by atoms with Gasteiger partial charge in [0.2, 0.25) is 0 Å². The number of carbonyl (C=O) groups excluding carboxylic acids is 3. The molecule has 136 valence electrons. The van der Waals surface area contributed by atoms with Crippen molar-refractivity contribution in [3.63, 3.8) is 0 Å². The van der Waals surface area contributed by atoms with Crippen LogP contribution in [0.4, 0.5) is 5.69 Å². The zero-order valence-corrected chi connectivity index (χ0v) is 14.8. The smallest absolute Gasteiger partial charge is 0.307 e. The van der Waals surface area contributed by atoms with Crippen LogP contribution in [0.3, 0.4) is 0 Å². The van der Waals surface area contributed by atoms with Crippen molar-refractivity contribution in [1.82, 2.24) is 5.32 Å². The molecule has 0 fully saturated rings. The highest BCUT2D eigenvalue weighted by Crippen LogP contribution is 2.11. The minimum absolute atomic E-state index is 0.120. The van der Waals surface area contributed by atoms with Crippen LogP contribution in [0.15, 0.2) is 54.6 Å². The fraction of sp³-hybridized carbons (Fsp3) is 0.250. The van der Waals surface area contributed by atoms with Crippen molar-refractivity contribution in [2.45, 2.75) is 26.4 Å². The molecule has 0 saturated carbocycles. The molecule has 26 heavy (non-hydrogen) atoms. The number of rotatable bonds is 7. The summed E-state index contributed by atoms with van der Waals surface area (Å²) >= 11 is 0. The minimum Gasteiger partial charge on any atom is -0.463 e. The molecule has 0 aliphatic carbocycles. The summed E-state index contributed by atoms with van der Waals surface area (Å²) in [7, 11) is 0. The largest absolute Gasteiger partial charge is 0.463 e. The van der Waals surface area contributed by atoms with Crippen molar-refractivity contribution >= 4 is 23.5 Å². The maximum Gasteiger partial charge on any atom is 0.307 e. The van der Waals surface area contributed by atoms with Gasteiger partial charge in [-0.2, -0.15) is 0 Å². The second-order valence-electron chi connectivity index (χ2n) is 5.94. The van der Waals surface area contributed by atoms with Gasteiger partial charge in [-0.15, -0.1) is 0 Å². The Bertz CT molecular complexity index is 755. The number of nitrogens with one attached hydrogen (secondary N) is 2. The first-order valence-corrected chi connectivity index (χ1v) is 8.40. The van der Waals surface area contributed by atoms with Crippen LogP contribution in [0.5, 0.6) is 0 Å². The maximum atomic E-state index is 12.1. The van der Waals surface area contributed by atoms with Gasteiger partial charge in [0, 0.05) is 23.4 Å². The number of benzene rings is 2. The monoisotopic (exact) mass is 354 g/mol. The summed E-state index contributed by atoms with van der Waals surface area (Å²) in [5.41, 5.74) is 1.60. The number of carbonyl (C=O) groups is 3. The predicted molar refractivity (Wildman–Crippen MR) is 99.0 cm³/mol. The van der Waals surface area contributed by atoms with E-state index in [1.165, 1.54) is 0 Å². The lowest BCUT2D eigenvalue weighted by Gasteiger charge is -2.09. The lowest BCUT2D eigenvalue weighted by atomic mass is 10.1. The third-order valence-corrected chi connectivity index (χ3v) is 3.42. The maximum absolute atomic E-state index is 12.1. The van der Waals surface area contributed by atoms with E-state index in [-0.39, 0.29) is 36.9 Å². The number of ether oxygens (including phenoxy) is 1. The van der Waals surface area contributed by atoms with Crippen LogP contribution in [0, 0.1) is 0 Å². The van der Waals surface area contributed by atoms with Crippen molar-refractivity contribution in [1.29, 1.82) is 0 Å². The van der Waals surface area contributed by atoms with Crippen LogP contribution in [0.25, 0.3) is 0 Å². The average molecular weight is 354 g/mol. The van der Waals surface area contributed by atoms with Crippen molar-refractivity contribution in [3.05, 3.63) is 65.7 Å². The fourth-order valence-corrected chi connectivity index (χ4v) is 2.20. The van der Waals surface area contributed by atoms with Crippen LogP contribution < -0.4 is 10.6 Å². The Hall–Kier alpha value is -3.15. The van der Waals surface area contributed by atoms with Crippen LogP contribution in [-0.2, 0) is 9.53 Å². The van der Waals surface area contributed by atoms with E-state index in [1.807, 2.05) is 6.07 Å². The van der Waals surface area contributed by atoms with E-state index in [1.54, 1.807) is 62.4 Å². The molecule has 0 aromatic heterocycles. The summed E-state index contributed by atoms with van der Waals surface area (Å²) in [6, 6.07) is 15.4. The van der Waals surface area contributed by atoms with Crippen LogP contribution in [-0.4, -0.2) is 30.4 Å². The van der Waals surface area contributed by atoms with Crippen molar-refractivity contribution < 1.29 is 19.1 Å². The van der Waals surface area contributed by atoms with E-state index in [9.17, 15) is 14.4 Å². The Labute approximate surface area is 152 Å². The van der Waals surface area contributed by atoms with Crippen molar-refractivity contribution in [3.8, 4) is 0 Å². The van der Waals surface area contributed by atoms with Gasteiger partial charge in [-0.05, 0) is 50.2 Å². The van der Waals surface area contributed by atoms with Gasteiger partial charge in [0.1, 0.15) is 0 Å². The lowest BCUT2D eigenvalue weighted by Crippen LogP contribution is -2.27.